The first-order valence-corrected chi connectivity index (χ1v) is 7.24. The first kappa shape index (κ1) is 17.9. The highest BCUT2D eigenvalue weighted by atomic mass is 19.4. The Morgan fingerprint density at radius 1 is 1.29 bits per heavy atom. The van der Waals surface area contributed by atoms with Crippen LogP contribution in [0.3, 0.4) is 0 Å². The van der Waals surface area contributed by atoms with Gasteiger partial charge in [-0.25, -0.2) is 4.98 Å². The average Bonchev–Trinajstić information content (AvgIpc) is 2.51. The van der Waals surface area contributed by atoms with Gasteiger partial charge >= 0.3 is 6.18 Å². The summed E-state index contributed by atoms with van der Waals surface area (Å²) >= 11 is 0. The number of nitrogens with zero attached hydrogens (tertiary/aromatic N) is 1. The molecule has 9 heteroatoms. The second-order valence-electron chi connectivity index (χ2n) is 5.05. The summed E-state index contributed by atoms with van der Waals surface area (Å²) in [6, 6.07) is 6.84. The molecule has 2 aromatic rings. The number of rotatable bonds is 7. The van der Waals surface area contributed by atoms with Gasteiger partial charge in [0.25, 0.3) is 5.56 Å². The van der Waals surface area contributed by atoms with Crippen molar-refractivity contribution >= 4 is 16.8 Å². The van der Waals surface area contributed by atoms with Gasteiger partial charge < -0.3 is 15.0 Å². The summed E-state index contributed by atoms with van der Waals surface area (Å²) in [5.74, 6) is 0.0172. The Morgan fingerprint density at radius 2 is 2.04 bits per heavy atom. The molecule has 0 fully saturated rings. The Labute approximate surface area is 135 Å². The summed E-state index contributed by atoms with van der Waals surface area (Å²) < 4.78 is 39.9. The summed E-state index contributed by atoms with van der Waals surface area (Å²) in [7, 11) is 0. The number of aromatic nitrogens is 2. The van der Waals surface area contributed by atoms with Crippen LogP contribution in [-0.4, -0.2) is 41.8 Å². The van der Waals surface area contributed by atoms with E-state index in [1.54, 1.807) is 24.3 Å². The largest absolute Gasteiger partial charge is 0.411 e. The van der Waals surface area contributed by atoms with E-state index >= 15 is 0 Å². The molecule has 0 aliphatic carbocycles. The Kier molecular flexibility index (Phi) is 5.91. The minimum Gasteiger partial charge on any atom is -0.370 e. The third-order valence-corrected chi connectivity index (χ3v) is 3.09. The lowest BCUT2D eigenvalue weighted by Gasteiger charge is -2.08. The quantitative estimate of drug-likeness (QED) is 0.747. The summed E-state index contributed by atoms with van der Waals surface area (Å²) in [4.78, 5) is 30.3. The lowest BCUT2D eigenvalue weighted by atomic mass is 10.2. The number of H-pyrrole nitrogens is 1. The van der Waals surface area contributed by atoms with E-state index in [-0.39, 0.29) is 37.5 Å². The second-order valence-corrected chi connectivity index (χ2v) is 5.05. The van der Waals surface area contributed by atoms with E-state index in [0.717, 1.165) is 0 Å². The molecule has 6 nitrogen and oxygen atoms in total. The number of carbonyl (C=O) groups excluding carboxylic acids is 1. The third kappa shape index (κ3) is 5.65. The van der Waals surface area contributed by atoms with Gasteiger partial charge in [-0.2, -0.15) is 13.2 Å². The standard InChI is InChI=1S/C15H16F3N3O3/c16-15(17,18)9-24-8-7-19-13(22)6-5-12-20-11-4-2-1-3-10(11)14(23)21-12/h1-4H,5-9H2,(H,19,22)(H,20,21,23). The van der Waals surface area contributed by atoms with E-state index in [9.17, 15) is 22.8 Å². The molecule has 1 aromatic carbocycles. The van der Waals surface area contributed by atoms with Crippen LogP contribution in [-0.2, 0) is 16.0 Å². The highest BCUT2D eigenvalue weighted by Crippen LogP contribution is 2.13. The van der Waals surface area contributed by atoms with Crippen LogP contribution < -0.4 is 10.9 Å². The Morgan fingerprint density at radius 3 is 2.79 bits per heavy atom. The molecule has 24 heavy (non-hydrogen) atoms. The van der Waals surface area contributed by atoms with Crippen molar-refractivity contribution in [1.82, 2.24) is 15.3 Å². The monoisotopic (exact) mass is 343 g/mol. The van der Waals surface area contributed by atoms with Gasteiger partial charge in [-0.1, -0.05) is 12.1 Å². The Hall–Kier alpha value is -2.42. The van der Waals surface area contributed by atoms with Crippen LogP contribution in [0.2, 0.25) is 0 Å². The zero-order chi connectivity index (χ0) is 17.6. The fourth-order valence-electron chi connectivity index (χ4n) is 2.02. The van der Waals surface area contributed by atoms with E-state index in [4.69, 9.17) is 0 Å². The van der Waals surface area contributed by atoms with Crippen LogP contribution in [0, 0.1) is 0 Å². The molecule has 0 spiro atoms. The van der Waals surface area contributed by atoms with Crippen molar-refractivity contribution in [3.05, 3.63) is 40.4 Å². The highest BCUT2D eigenvalue weighted by Gasteiger charge is 2.27. The number of hydrogen-bond donors (Lipinski definition) is 2. The predicted octanol–water partition coefficient (Wildman–Crippen LogP) is 1.55. The number of halogens is 3. The first-order valence-electron chi connectivity index (χ1n) is 7.24. The van der Waals surface area contributed by atoms with Gasteiger partial charge in [0.2, 0.25) is 5.91 Å². The zero-order valence-electron chi connectivity index (χ0n) is 12.7. The van der Waals surface area contributed by atoms with Gasteiger partial charge in [0.1, 0.15) is 12.4 Å². The average molecular weight is 343 g/mol. The number of aryl methyl sites for hydroxylation is 1. The number of carbonyl (C=O) groups is 1. The first-order chi connectivity index (χ1) is 11.3. The van der Waals surface area contributed by atoms with E-state index in [2.05, 4.69) is 20.0 Å². The number of para-hydroxylation sites is 1. The van der Waals surface area contributed by atoms with Gasteiger partial charge in [0.05, 0.1) is 17.5 Å². The summed E-state index contributed by atoms with van der Waals surface area (Å²) in [6.07, 6.45) is -4.10. The maximum atomic E-state index is 11.9. The Bertz CT molecular complexity index is 759. The number of nitrogens with one attached hydrogen (secondary N) is 2. The van der Waals surface area contributed by atoms with Crippen molar-refractivity contribution < 1.29 is 22.7 Å². The SMILES string of the molecule is O=C(CCc1nc2ccccc2c(=O)[nH]1)NCCOCC(F)(F)F. The molecular weight excluding hydrogens is 327 g/mol. The molecule has 0 saturated carbocycles. The maximum absolute atomic E-state index is 11.9. The molecule has 1 amide bonds. The molecule has 0 atom stereocenters. The normalized spacial score (nSPS) is 11.6. The fraction of sp³-hybridized carbons (Fsp3) is 0.400. The number of alkyl halides is 3. The molecule has 2 N–H and O–H groups in total. The minimum atomic E-state index is -4.38. The van der Waals surface area contributed by atoms with Crippen LogP contribution in [0.5, 0.6) is 0 Å². The van der Waals surface area contributed by atoms with Gasteiger partial charge in [-0.3, -0.25) is 9.59 Å². The molecule has 0 bridgehead atoms. The van der Waals surface area contributed by atoms with Gasteiger partial charge in [0.15, 0.2) is 0 Å². The molecular formula is C15H16F3N3O3. The van der Waals surface area contributed by atoms with E-state index in [0.29, 0.717) is 16.7 Å². The molecule has 130 valence electrons. The topological polar surface area (TPSA) is 84.1 Å². The number of fused-ring (bicyclic) bond motifs is 1. The number of ether oxygens (including phenoxy) is 1. The molecule has 1 heterocycles. The lowest BCUT2D eigenvalue weighted by Crippen LogP contribution is -2.29. The third-order valence-electron chi connectivity index (χ3n) is 3.09. The van der Waals surface area contributed by atoms with Crippen molar-refractivity contribution in [3.8, 4) is 0 Å². The minimum absolute atomic E-state index is 0.0173. The number of amides is 1. The maximum Gasteiger partial charge on any atom is 0.411 e. The van der Waals surface area contributed by atoms with Crippen molar-refractivity contribution in [1.29, 1.82) is 0 Å². The van der Waals surface area contributed by atoms with Gasteiger partial charge in [-0.05, 0) is 12.1 Å². The van der Waals surface area contributed by atoms with E-state index in [1.165, 1.54) is 0 Å². The molecule has 0 unspecified atom stereocenters. The van der Waals surface area contributed by atoms with E-state index in [1.807, 2.05) is 0 Å². The van der Waals surface area contributed by atoms with Crippen LogP contribution in [0.4, 0.5) is 13.2 Å². The summed E-state index contributed by atoms with van der Waals surface area (Å²) in [5.41, 5.74) is 0.258. The molecule has 2 rings (SSSR count). The number of benzene rings is 1. The van der Waals surface area contributed by atoms with Crippen LogP contribution >= 0.6 is 0 Å². The van der Waals surface area contributed by atoms with Crippen LogP contribution in [0.1, 0.15) is 12.2 Å². The van der Waals surface area contributed by atoms with Crippen LogP contribution in [0.25, 0.3) is 10.9 Å². The smallest absolute Gasteiger partial charge is 0.370 e. The van der Waals surface area contributed by atoms with Crippen molar-refractivity contribution in [2.45, 2.75) is 19.0 Å². The molecule has 1 aromatic heterocycles. The summed E-state index contributed by atoms with van der Waals surface area (Å²) in [5, 5.41) is 2.91. The predicted molar refractivity (Wildman–Crippen MR) is 80.6 cm³/mol. The van der Waals surface area contributed by atoms with Gasteiger partial charge in [-0.15, -0.1) is 0 Å². The number of hydrogen-bond acceptors (Lipinski definition) is 4. The molecule has 0 radical (unpaired) electrons. The molecule has 0 aliphatic rings. The molecule has 0 saturated heterocycles. The summed E-state index contributed by atoms with van der Waals surface area (Å²) in [6.45, 7) is -1.59. The van der Waals surface area contributed by atoms with Crippen molar-refractivity contribution in [2.75, 3.05) is 19.8 Å². The molecule has 0 aliphatic heterocycles. The highest BCUT2D eigenvalue weighted by molar-refractivity contribution is 5.78. The van der Waals surface area contributed by atoms with Crippen molar-refractivity contribution in [2.24, 2.45) is 0 Å². The van der Waals surface area contributed by atoms with E-state index < -0.39 is 12.8 Å². The van der Waals surface area contributed by atoms with Gasteiger partial charge in [0, 0.05) is 19.4 Å². The lowest BCUT2D eigenvalue weighted by molar-refractivity contribution is -0.173. The zero-order valence-corrected chi connectivity index (χ0v) is 12.7. The van der Waals surface area contributed by atoms with Crippen LogP contribution in [0.15, 0.2) is 29.1 Å². The fourth-order valence-corrected chi connectivity index (χ4v) is 2.02. The van der Waals surface area contributed by atoms with Crippen molar-refractivity contribution in [3.63, 3.8) is 0 Å². The Balaban J connectivity index is 1.77. The number of aromatic amines is 1. The second kappa shape index (κ2) is 7.91.